The number of aromatic carboxylic acids is 1. The van der Waals surface area contributed by atoms with Gasteiger partial charge in [0.05, 0.1) is 18.2 Å². The van der Waals surface area contributed by atoms with Crippen LogP contribution in [0.3, 0.4) is 0 Å². The van der Waals surface area contributed by atoms with Crippen LogP contribution in [0.4, 0.5) is 0 Å². The SMILES string of the molecule is COC(=O)[C@H](Cc1ccc(O)cc1)NC(=O)c1cc(C(=O)O)c2cc(CCC(C)(C)C)ccc2n1. The minimum atomic E-state index is -1.17. The molecule has 0 fully saturated rings. The van der Waals surface area contributed by atoms with Crippen LogP contribution in [0.15, 0.2) is 48.5 Å². The van der Waals surface area contributed by atoms with Crippen molar-refractivity contribution >= 4 is 28.7 Å². The fourth-order valence-electron chi connectivity index (χ4n) is 3.68. The van der Waals surface area contributed by atoms with Crippen molar-refractivity contribution < 1.29 is 29.3 Å². The highest BCUT2D eigenvalue weighted by molar-refractivity contribution is 6.06. The maximum Gasteiger partial charge on any atom is 0.336 e. The molecule has 8 heteroatoms. The van der Waals surface area contributed by atoms with E-state index in [4.69, 9.17) is 4.74 Å². The fourth-order valence-corrected chi connectivity index (χ4v) is 3.68. The molecule has 8 nitrogen and oxygen atoms in total. The van der Waals surface area contributed by atoms with Gasteiger partial charge in [-0.3, -0.25) is 4.79 Å². The highest BCUT2D eigenvalue weighted by Gasteiger charge is 2.25. The minimum Gasteiger partial charge on any atom is -0.508 e. The van der Waals surface area contributed by atoms with Crippen LogP contribution < -0.4 is 5.32 Å². The first-order valence-corrected chi connectivity index (χ1v) is 11.3. The van der Waals surface area contributed by atoms with Crippen molar-refractivity contribution in [3.05, 3.63) is 70.9 Å². The van der Waals surface area contributed by atoms with Crippen LogP contribution in [0.1, 0.15) is 59.2 Å². The predicted octanol–water partition coefficient (Wildman–Crippen LogP) is 4.13. The van der Waals surface area contributed by atoms with Gasteiger partial charge >= 0.3 is 11.9 Å². The van der Waals surface area contributed by atoms with E-state index >= 15 is 0 Å². The van der Waals surface area contributed by atoms with Crippen molar-refractivity contribution in [1.29, 1.82) is 0 Å². The molecule has 0 bridgehead atoms. The smallest absolute Gasteiger partial charge is 0.336 e. The highest BCUT2D eigenvalue weighted by atomic mass is 16.5. The third-order valence-electron chi connectivity index (χ3n) is 5.67. The number of nitrogens with one attached hydrogen (secondary N) is 1. The Balaban J connectivity index is 1.90. The summed E-state index contributed by atoms with van der Waals surface area (Å²) in [7, 11) is 1.21. The van der Waals surface area contributed by atoms with Gasteiger partial charge in [-0.25, -0.2) is 14.6 Å². The summed E-state index contributed by atoms with van der Waals surface area (Å²) in [6.07, 6.45) is 1.85. The van der Waals surface area contributed by atoms with Gasteiger partial charge in [0.25, 0.3) is 5.91 Å². The van der Waals surface area contributed by atoms with Crippen LogP contribution in [-0.2, 0) is 22.4 Å². The van der Waals surface area contributed by atoms with Gasteiger partial charge in [0, 0.05) is 11.8 Å². The Labute approximate surface area is 204 Å². The van der Waals surface area contributed by atoms with E-state index in [2.05, 4.69) is 31.1 Å². The number of ether oxygens (including phenoxy) is 1. The average molecular weight is 479 g/mol. The first-order chi connectivity index (χ1) is 16.5. The number of benzene rings is 2. The lowest BCUT2D eigenvalue weighted by atomic mass is 9.88. The standard InChI is InChI=1S/C27H30N2O6/c1-27(2,3)12-11-17-7-10-21-19(13-17)20(25(32)33)15-22(28-21)24(31)29-23(26(34)35-4)14-16-5-8-18(30)9-6-16/h5-10,13,15,23,30H,11-12,14H2,1-4H3,(H,29,31)(H,32,33)/t23-/m0/s1. The van der Waals surface area contributed by atoms with Crippen LogP contribution in [0, 0.1) is 5.41 Å². The predicted molar refractivity (Wildman–Crippen MR) is 132 cm³/mol. The normalized spacial score (nSPS) is 12.2. The molecule has 0 saturated heterocycles. The number of hydrogen-bond acceptors (Lipinski definition) is 6. The number of rotatable bonds is 8. The molecule has 0 aliphatic rings. The second-order valence-electron chi connectivity index (χ2n) is 9.69. The zero-order chi connectivity index (χ0) is 25.8. The number of carbonyl (C=O) groups excluding carboxylic acids is 2. The molecule has 0 aliphatic heterocycles. The lowest BCUT2D eigenvalue weighted by Crippen LogP contribution is -2.43. The summed E-state index contributed by atoms with van der Waals surface area (Å²) < 4.78 is 4.82. The number of methoxy groups -OCH3 is 1. The van der Waals surface area contributed by atoms with Gasteiger partial charge in [0.15, 0.2) is 0 Å². The molecule has 35 heavy (non-hydrogen) atoms. The molecule has 0 unspecified atom stereocenters. The second kappa shape index (κ2) is 10.5. The number of phenolic OH excluding ortho intramolecular Hbond substituents is 1. The Morgan fingerprint density at radius 1 is 1.03 bits per heavy atom. The zero-order valence-corrected chi connectivity index (χ0v) is 20.3. The quantitative estimate of drug-likeness (QED) is 0.416. The maximum atomic E-state index is 13.0. The second-order valence-corrected chi connectivity index (χ2v) is 9.69. The van der Waals surface area contributed by atoms with Crippen LogP contribution in [-0.4, -0.2) is 46.2 Å². The molecule has 184 valence electrons. The number of aryl methyl sites for hydroxylation is 1. The molecule has 2 aromatic carbocycles. The number of carbonyl (C=O) groups is 3. The van der Waals surface area contributed by atoms with Crippen molar-refractivity contribution in [2.75, 3.05) is 7.11 Å². The third kappa shape index (κ3) is 6.79. The van der Waals surface area contributed by atoms with Crippen LogP contribution in [0.25, 0.3) is 10.9 Å². The van der Waals surface area contributed by atoms with E-state index in [1.54, 1.807) is 24.3 Å². The number of carboxylic acid groups (broad SMARTS) is 1. The van der Waals surface area contributed by atoms with Gasteiger partial charge < -0.3 is 20.3 Å². The number of pyridine rings is 1. The average Bonchev–Trinajstić information content (AvgIpc) is 2.81. The van der Waals surface area contributed by atoms with Gasteiger partial charge in [-0.05, 0) is 59.7 Å². The van der Waals surface area contributed by atoms with E-state index in [0.29, 0.717) is 16.5 Å². The fraction of sp³-hybridized carbons (Fsp3) is 0.333. The summed E-state index contributed by atoms with van der Waals surface area (Å²) in [4.78, 5) is 41.7. The lowest BCUT2D eigenvalue weighted by molar-refractivity contribution is -0.142. The number of fused-ring (bicyclic) bond motifs is 1. The number of amides is 1. The number of phenols is 1. The van der Waals surface area contributed by atoms with E-state index in [9.17, 15) is 24.6 Å². The van der Waals surface area contributed by atoms with E-state index in [0.717, 1.165) is 18.4 Å². The molecule has 3 rings (SSSR count). The van der Waals surface area contributed by atoms with Gasteiger partial charge in [0.2, 0.25) is 0 Å². The Kier molecular flexibility index (Phi) is 7.74. The monoisotopic (exact) mass is 478 g/mol. The highest BCUT2D eigenvalue weighted by Crippen LogP contribution is 2.25. The van der Waals surface area contributed by atoms with Crippen LogP contribution in [0.5, 0.6) is 5.75 Å². The summed E-state index contributed by atoms with van der Waals surface area (Å²) in [6, 6.07) is 11.8. The number of aromatic hydroxyl groups is 1. The van der Waals surface area contributed by atoms with Crippen LogP contribution >= 0.6 is 0 Å². The van der Waals surface area contributed by atoms with Crippen LogP contribution in [0.2, 0.25) is 0 Å². The Morgan fingerprint density at radius 3 is 2.29 bits per heavy atom. The largest absolute Gasteiger partial charge is 0.508 e. The number of aromatic nitrogens is 1. The van der Waals surface area contributed by atoms with Gasteiger partial charge in [-0.2, -0.15) is 0 Å². The molecular formula is C27H30N2O6. The minimum absolute atomic E-state index is 0.0362. The molecule has 0 spiro atoms. The van der Waals surface area contributed by atoms with E-state index < -0.39 is 23.9 Å². The number of carboxylic acids is 1. The van der Waals surface area contributed by atoms with Gasteiger partial charge in [-0.15, -0.1) is 0 Å². The molecule has 3 N–H and O–H groups in total. The van der Waals surface area contributed by atoms with Gasteiger partial charge in [0.1, 0.15) is 17.5 Å². The number of nitrogens with zero attached hydrogens (tertiary/aromatic N) is 1. The number of hydrogen-bond donors (Lipinski definition) is 3. The number of esters is 1. The first-order valence-electron chi connectivity index (χ1n) is 11.3. The third-order valence-corrected chi connectivity index (χ3v) is 5.67. The van der Waals surface area contributed by atoms with Crippen molar-refractivity contribution in [2.45, 2.75) is 46.1 Å². The van der Waals surface area contributed by atoms with E-state index in [-0.39, 0.29) is 28.8 Å². The summed E-state index contributed by atoms with van der Waals surface area (Å²) in [5, 5.41) is 22.3. The summed E-state index contributed by atoms with van der Waals surface area (Å²) in [5.74, 6) is -2.45. The summed E-state index contributed by atoms with van der Waals surface area (Å²) in [6.45, 7) is 6.44. The Bertz CT molecular complexity index is 1250. The molecule has 0 saturated carbocycles. The molecule has 1 amide bonds. The Morgan fingerprint density at radius 2 is 1.69 bits per heavy atom. The Hall–Kier alpha value is -3.94. The van der Waals surface area contributed by atoms with E-state index in [1.165, 1.54) is 25.3 Å². The van der Waals surface area contributed by atoms with Crippen molar-refractivity contribution in [3.63, 3.8) is 0 Å². The molecule has 1 atom stereocenters. The molecular weight excluding hydrogens is 448 g/mol. The maximum absolute atomic E-state index is 13.0. The molecule has 3 aromatic rings. The van der Waals surface area contributed by atoms with Crippen molar-refractivity contribution in [1.82, 2.24) is 10.3 Å². The van der Waals surface area contributed by atoms with E-state index in [1.807, 2.05) is 6.07 Å². The summed E-state index contributed by atoms with van der Waals surface area (Å²) in [5.41, 5.74) is 2.05. The molecule has 0 aliphatic carbocycles. The molecule has 1 aromatic heterocycles. The summed E-state index contributed by atoms with van der Waals surface area (Å²) >= 11 is 0. The molecule has 1 heterocycles. The van der Waals surface area contributed by atoms with Crippen molar-refractivity contribution in [2.24, 2.45) is 5.41 Å². The van der Waals surface area contributed by atoms with Crippen molar-refractivity contribution in [3.8, 4) is 5.75 Å². The zero-order valence-electron chi connectivity index (χ0n) is 20.3. The van der Waals surface area contributed by atoms with Gasteiger partial charge in [-0.1, -0.05) is 39.0 Å². The topological polar surface area (TPSA) is 126 Å². The lowest BCUT2D eigenvalue weighted by Gasteiger charge is -2.18. The first kappa shape index (κ1) is 25.7. The molecule has 0 radical (unpaired) electrons.